The Morgan fingerprint density at radius 1 is 1.38 bits per heavy atom. The number of esters is 1. The van der Waals surface area contributed by atoms with Gasteiger partial charge in [0.15, 0.2) is 0 Å². The lowest BCUT2D eigenvalue weighted by Gasteiger charge is -2.24. The van der Waals surface area contributed by atoms with Crippen LogP contribution < -0.4 is 15.8 Å². The molecule has 32 heavy (non-hydrogen) atoms. The van der Waals surface area contributed by atoms with Crippen molar-refractivity contribution in [1.29, 1.82) is 0 Å². The molecule has 1 aromatic carbocycles. The van der Waals surface area contributed by atoms with Gasteiger partial charge in [0.25, 0.3) is 0 Å². The van der Waals surface area contributed by atoms with Crippen LogP contribution in [0, 0.1) is 0 Å². The number of nitrogens with one attached hydrogen (secondary N) is 1. The minimum absolute atomic E-state index is 0.131. The third-order valence-electron chi connectivity index (χ3n) is 5.63. The van der Waals surface area contributed by atoms with E-state index in [0.717, 1.165) is 17.1 Å². The van der Waals surface area contributed by atoms with Crippen molar-refractivity contribution < 1.29 is 19.1 Å². The van der Waals surface area contributed by atoms with E-state index in [-0.39, 0.29) is 23.9 Å². The van der Waals surface area contributed by atoms with E-state index in [1.165, 1.54) is 7.11 Å². The van der Waals surface area contributed by atoms with Crippen LogP contribution in [0.25, 0.3) is 0 Å². The molecule has 1 saturated heterocycles. The first-order valence-electron chi connectivity index (χ1n) is 10.7. The summed E-state index contributed by atoms with van der Waals surface area (Å²) in [7, 11) is 3.00. The fourth-order valence-electron chi connectivity index (χ4n) is 3.93. The number of carbonyl (C=O) groups is 2. The fraction of sp³-hybridized carbons (Fsp3) is 0.565. The minimum atomic E-state index is -0.653. The number of benzene rings is 1. The predicted molar refractivity (Wildman–Crippen MR) is 134 cm³/mol. The van der Waals surface area contributed by atoms with E-state index >= 15 is 0 Å². The topological polar surface area (TPSA) is 93.9 Å². The smallest absolute Gasteiger partial charge is 0.328 e. The zero-order valence-corrected chi connectivity index (χ0v) is 20.7. The van der Waals surface area contributed by atoms with Gasteiger partial charge in [-0.05, 0) is 36.5 Å². The van der Waals surface area contributed by atoms with Gasteiger partial charge in [0.05, 0.1) is 20.3 Å². The van der Waals surface area contributed by atoms with Crippen LogP contribution in [0.15, 0.2) is 36.4 Å². The van der Waals surface area contributed by atoms with Crippen LogP contribution in [0.4, 0.5) is 0 Å². The molecule has 178 valence electrons. The number of ether oxygens (including phenoxy) is 2. The number of thiol groups is 1. The van der Waals surface area contributed by atoms with Crippen LogP contribution in [0.2, 0.25) is 0 Å². The monoisotopic (exact) mass is 481 g/mol. The molecule has 9 heteroatoms. The highest BCUT2D eigenvalue weighted by atomic mass is 32.2. The van der Waals surface area contributed by atoms with E-state index in [2.05, 4.69) is 22.8 Å². The van der Waals surface area contributed by atoms with Crippen molar-refractivity contribution in [2.45, 2.75) is 36.9 Å². The molecule has 0 spiro atoms. The summed E-state index contributed by atoms with van der Waals surface area (Å²) in [6.45, 7) is 1.28. The number of para-hydroxylation sites is 1. The van der Waals surface area contributed by atoms with E-state index in [0.29, 0.717) is 31.7 Å². The Balaban J connectivity index is 2.21. The summed E-state index contributed by atoms with van der Waals surface area (Å²) in [5.74, 6) is 1.68. The number of thioether (sulfide) groups is 1. The maximum absolute atomic E-state index is 13.3. The van der Waals surface area contributed by atoms with Gasteiger partial charge in [-0.2, -0.15) is 24.4 Å². The maximum atomic E-state index is 13.3. The molecule has 0 unspecified atom stereocenters. The highest BCUT2D eigenvalue weighted by molar-refractivity contribution is 7.98. The Morgan fingerprint density at radius 2 is 2.12 bits per heavy atom. The minimum Gasteiger partial charge on any atom is -0.496 e. The molecule has 1 heterocycles. The molecule has 0 aliphatic carbocycles. The number of methoxy groups -OCH3 is 2. The number of rotatable bonds is 12. The Morgan fingerprint density at radius 3 is 2.78 bits per heavy atom. The molecule has 1 aliphatic rings. The average Bonchev–Trinajstić information content (AvgIpc) is 3.24. The Hall–Kier alpha value is -1.68. The molecule has 2 rings (SSSR count). The van der Waals surface area contributed by atoms with Crippen LogP contribution in [0.5, 0.6) is 5.75 Å². The number of nitrogens with two attached hydrogens (primary N) is 1. The second kappa shape index (κ2) is 13.8. The van der Waals surface area contributed by atoms with Gasteiger partial charge in [-0.3, -0.25) is 9.69 Å². The zero-order valence-electron chi connectivity index (χ0n) is 19.0. The molecule has 4 atom stereocenters. The van der Waals surface area contributed by atoms with Crippen LogP contribution >= 0.6 is 24.4 Å². The molecule has 1 aromatic rings. The van der Waals surface area contributed by atoms with Gasteiger partial charge < -0.3 is 20.5 Å². The van der Waals surface area contributed by atoms with Gasteiger partial charge in [-0.15, -0.1) is 0 Å². The zero-order chi connectivity index (χ0) is 23.5. The van der Waals surface area contributed by atoms with Crippen molar-refractivity contribution in [3.05, 3.63) is 42.0 Å². The molecule has 1 fully saturated rings. The Labute approximate surface area is 200 Å². The third-order valence-corrected chi connectivity index (χ3v) is 6.70. The molecular formula is C23H35N3O4S2. The first-order valence-corrected chi connectivity index (χ1v) is 12.7. The number of hydrogen-bond donors (Lipinski definition) is 3. The van der Waals surface area contributed by atoms with Crippen molar-refractivity contribution in [3.63, 3.8) is 0 Å². The lowest BCUT2D eigenvalue weighted by Crippen LogP contribution is -2.50. The van der Waals surface area contributed by atoms with Gasteiger partial charge in [0.2, 0.25) is 5.91 Å². The van der Waals surface area contributed by atoms with Gasteiger partial charge in [-0.1, -0.05) is 30.4 Å². The van der Waals surface area contributed by atoms with E-state index in [1.54, 1.807) is 18.9 Å². The highest BCUT2D eigenvalue weighted by Gasteiger charge is 2.39. The summed E-state index contributed by atoms with van der Waals surface area (Å²) in [6, 6.07) is 6.75. The van der Waals surface area contributed by atoms with E-state index in [9.17, 15) is 9.59 Å². The summed E-state index contributed by atoms with van der Waals surface area (Å²) in [6.07, 6.45) is 7.02. The van der Waals surface area contributed by atoms with E-state index < -0.39 is 12.0 Å². The first kappa shape index (κ1) is 26.6. The molecule has 3 N–H and O–H groups in total. The van der Waals surface area contributed by atoms with Crippen molar-refractivity contribution in [2.24, 2.45) is 5.73 Å². The summed E-state index contributed by atoms with van der Waals surface area (Å²) in [5.41, 5.74) is 7.02. The second-order valence-electron chi connectivity index (χ2n) is 7.78. The molecule has 0 aromatic heterocycles. The van der Waals surface area contributed by atoms with Crippen LogP contribution in [0.1, 0.15) is 24.3 Å². The quantitative estimate of drug-likeness (QED) is 0.239. The fourth-order valence-corrected chi connectivity index (χ4v) is 4.53. The first-order chi connectivity index (χ1) is 15.4. The summed E-state index contributed by atoms with van der Waals surface area (Å²) in [4.78, 5) is 27.6. The lowest BCUT2D eigenvalue weighted by molar-refractivity contribution is -0.145. The number of hydrogen-bond acceptors (Lipinski definition) is 8. The van der Waals surface area contributed by atoms with Crippen LogP contribution in [0.3, 0.4) is 0 Å². The summed E-state index contributed by atoms with van der Waals surface area (Å²) in [5, 5.41) is 2.92. The number of nitrogens with zero attached hydrogens (tertiary/aromatic N) is 1. The van der Waals surface area contributed by atoms with Crippen molar-refractivity contribution in [2.75, 3.05) is 45.1 Å². The molecule has 1 amide bonds. The second-order valence-corrected chi connectivity index (χ2v) is 9.14. The molecular weight excluding hydrogens is 446 g/mol. The predicted octanol–water partition coefficient (Wildman–Crippen LogP) is 2.08. The van der Waals surface area contributed by atoms with Crippen molar-refractivity contribution in [1.82, 2.24) is 10.2 Å². The number of likely N-dealkylation sites (tertiary alicyclic amines) is 1. The molecule has 0 saturated carbocycles. The largest absolute Gasteiger partial charge is 0.496 e. The standard InChI is InChI=1S/C23H35N3O4S2/c1-29-21-9-5-4-8-18(21)16-13-20(26(14-16)11-6-7-17(24)15-31)22(27)25-19(10-12-32-3)23(28)30-2/h4-9,16-17,19-20,31H,10-15,24H2,1-3H3,(H,25,27)/b7-6+/t16-,17+,19-,20-/m0/s1. The molecule has 7 nitrogen and oxygen atoms in total. The van der Waals surface area contributed by atoms with Crippen molar-refractivity contribution >= 4 is 36.3 Å². The molecule has 1 aliphatic heterocycles. The summed E-state index contributed by atoms with van der Waals surface area (Å²) < 4.78 is 10.4. The van der Waals surface area contributed by atoms with Crippen molar-refractivity contribution in [3.8, 4) is 5.75 Å². The van der Waals surface area contributed by atoms with Crippen LogP contribution in [-0.2, 0) is 14.3 Å². The number of carbonyl (C=O) groups excluding carboxylic acids is 2. The third kappa shape index (κ3) is 7.43. The maximum Gasteiger partial charge on any atom is 0.328 e. The van der Waals surface area contributed by atoms with Gasteiger partial charge in [-0.25, -0.2) is 4.79 Å². The van der Waals surface area contributed by atoms with Gasteiger partial charge in [0.1, 0.15) is 11.8 Å². The molecule has 0 bridgehead atoms. The normalized spacial score (nSPS) is 20.8. The molecule has 0 radical (unpaired) electrons. The van der Waals surface area contributed by atoms with E-state index in [4.69, 9.17) is 15.2 Å². The van der Waals surface area contributed by atoms with Crippen LogP contribution in [-0.4, -0.2) is 80.0 Å². The van der Waals surface area contributed by atoms with Gasteiger partial charge >= 0.3 is 5.97 Å². The Kier molecular flexibility index (Phi) is 11.4. The highest BCUT2D eigenvalue weighted by Crippen LogP contribution is 2.36. The lowest BCUT2D eigenvalue weighted by atomic mass is 9.95. The van der Waals surface area contributed by atoms with E-state index in [1.807, 2.05) is 42.7 Å². The summed E-state index contributed by atoms with van der Waals surface area (Å²) >= 11 is 5.84. The van der Waals surface area contributed by atoms with Gasteiger partial charge in [0, 0.05) is 30.8 Å². The number of amides is 1. The Bertz CT molecular complexity index is 777. The average molecular weight is 482 g/mol. The SMILES string of the molecule is COC(=O)[C@H](CCSC)NC(=O)[C@@H]1C[C@H](c2ccccc2OC)CN1C/C=C/[C@@H](N)CS.